The van der Waals surface area contributed by atoms with Crippen LogP contribution < -0.4 is 9.47 Å². The lowest BCUT2D eigenvalue weighted by molar-refractivity contribution is 0.174. The van der Waals surface area contributed by atoms with E-state index in [1.54, 1.807) is 0 Å². The van der Waals surface area contributed by atoms with Crippen LogP contribution in [0.1, 0.15) is 22.3 Å². The molecule has 1 aliphatic carbocycles. The van der Waals surface area contributed by atoms with E-state index in [1.807, 2.05) is 0 Å². The summed E-state index contributed by atoms with van der Waals surface area (Å²) >= 11 is 0. The normalized spacial score (nSPS) is 12.5. The fourth-order valence-electron chi connectivity index (χ4n) is 13.8. The number of fused-ring (bicyclic) bond motifs is 4. The molecule has 0 fully saturated rings. The third-order valence-corrected chi connectivity index (χ3v) is 17.9. The molecule has 0 N–H and O–H groups in total. The summed E-state index contributed by atoms with van der Waals surface area (Å²) in [5.74, 6) is 1.50. The predicted octanol–water partition coefficient (Wildman–Crippen LogP) is 22.4. The molecule has 414 valence electrons. The van der Waals surface area contributed by atoms with E-state index in [-0.39, 0.29) is 6.79 Å². The molecule has 1 aliphatic heterocycles. The Morgan fingerprint density at radius 2 is 0.500 bits per heavy atom. The van der Waals surface area contributed by atoms with Gasteiger partial charge in [0, 0.05) is 0 Å². The molecule has 0 unspecified atom stereocenters. The molecule has 16 rings (SSSR count). The van der Waals surface area contributed by atoms with E-state index in [9.17, 15) is 0 Å². The lowest BCUT2D eigenvalue weighted by Crippen LogP contribution is -2.28. The maximum Gasteiger partial charge on any atom is 0.231 e. The number of rotatable bonds is 12. The van der Waals surface area contributed by atoms with Gasteiger partial charge in [0.25, 0.3) is 0 Å². The Balaban J connectivity index is 0.898. The smallest absolute Gasteiger partial charge is 0.231 e. The number of hydrogen-bond donors (Lipinski definition) is 0. The van der Waals surface area contributed by atoms with Crippen molar-refractivity contribution in [2.45, 2.75) is 5.41 Å². The van der Waals surface area contributed by atoms with Crippen molar-refractivity contribution in [1.82, 2.24) is 0 Å². The summed E-state index contributed by atoms with van der Waals surface area (Å²) in [6.45, 7) is 0.163. The van der Waals surface area contributed by atoms with Gasteiger partial charge < -0.3 is 9.47 Å². The largest absolute Gasteiger partial charge is 0.454 e. The first-order valence-electron chi connectivity index (χ1n) is 30.3. The summed E-state index contributed by atoms with van der Waals surface area (Å²) in [4.78, 5) is 0. The number of ether oxygens (including phenoxy) is 2. The Bertz CT molecular complexity index is 4590. The maximum atomic E-state index is 6.40. The van der Waals surface area contributed by atoms with Gasteiger partial charge in [0.05, 0.1) is 5.41 Å². The van der Waals surface area contributed by atoms with Crippen molar-refractivity contribution in [2.75, 3.05) is 6.79 Å². The fourth-order valence-corrected chi connectivity index (χ4v) is 13.8. The first-order chi connectivity index (χ1) is 43.6. The maximum absolute atomic E-state index is 6.40. The summed E-state index contributed by atoms with van der Waals surface area (Å²) in [6.07, 6.45) is 0. The first-order valence-corrected chi connectivity index (χ1v) is 30.3. The van der Waals surface area contributed by atoms with Crippen LogP contribution in [-0.2, 0) is 5.41 Å². The van der Waals surface area contributed by atoms with E-state index in [0.29, 0.717) is 0 Å². The zero-order valence-electron chi connectivity index (χ0n) is 48.4. The lowest BCUT2D eigenvalue weighted by Gasteiger charge is -2.35. The van der Waals surface area contributed by atoms with E-state index in [2.05, 4.69) is 340 Å². The molecule has 0 radical (unpaired) electrons. The molecular weight excluding hydrogens is 1060 g/mol. The Labute approximate surface area is 514 Å². The minimum atomic E-state index is -0.839. The average Bonchev–Trinajstić information content (AvgIpc) is 1.67. The number of benzene rings is 14. The van der Waals surface area contributed by atoms with Gasteiger partial charge in [-0.15, -0.1) is 0 Å². The van der Waals surface area contributed by atoms with Crippen molar-refractivity contribution in [3.05, 3.63) is 362 Å². The first kappa shape index (κ1) is 52.3. The van der Waals surface area contributed by atoms with Gasteiger partial charge in [-0.3, -0.25) is 0 Å². The monoisotopic (exact) mass is 1120 g/mol. The highest BCUT2D eigenvalue weighted by Gasteiger charge is 2.48. The van der Waals surface area contributed by atoms with Crippen molar-refractivity contribution < 1.29 is 9.47 Å². The summed E-state index contributed by atoms with van der Waals surface area (Å²) in [5.41, 5.74) is 29.4. The van der Waals surface area contributed by atoms with Gasteiger partial charge in [-0.2, -0.15) is 0 Å². The van der Waals surface area contributed by atoms with Crippen molar-refractivity contribution in [3.8, 4) is 134 Å². The van der Waals surface area contributed by atoms with Crippen molar-refractivity contribution in [2.24, 2.45) is 0 Å². The van der Waals surface area contributed by atoms with Crippen LogP contribution >= 0.6 is 0 Å². The second-order valence-electron chi connectivity index (χ2n) is 23.0. The van der Waals surface area contributed by atoms with Crippen LogP contribution in [0.5, 0.6) is 11.5 Å². The Hall–Kier alpha value is -11.3. The third kappa shape index (κ3) is 9.40. The fraction of sp³-hybridized carbons (Fsp3) is 0.0233. The molecule has 0 bridgehead atoms. The summed E-state index contributed by atoms with van der Waals surface area (Å²) in [7, 11) is 0. The molecule has 88 heavy (non-hydrogen) atoms. The van der Waals surface area contributed by atoms with E-state index in [1.165, 1.54) is 72.3 Å². The van der Waals surface area contributed by atoms with Crippen LogP contribution in [0.4, 0.5) is 0 Å². The molecule has 0 atom stereocenters. The lowest BCUT2D eigenvalue weighted by atomic mass is 9.66. The molecule has 14 aromatic carbocycles. The third-order valence-electron chi connectivity index (χ3n) is 17.9. The van der Waals surface area contributed by atoms with Gasteiger partial charge in [-0.05, 0) is 217 Å². The molecule has 0 spiro atoms. The standard InChI is InChI=1S/C86H58O2/c1-6-23-58(24-7-1)69-47-70(59-25-8-2-9-26-59)50-73(49-69)65-35-18-33-63(45-65)67-37-20-39-75(53-67)86(81-44-22-43-79(78-42-17-16-41-77(78)62-31-14-5-15-32-62)85(81)80-55-83-84(56-82(80)86)88-57-87-83)76-40-21-38-68(54-76)64-34-19-36-66(46-64)74-51-71(60-27-10-3-11-28-60)48-72(52-74)61-29-12-4-13-30-61/h1-56H,57H2. The van der Waals surface area contributed by atoms with Gasteiger partial charge in [0.1, 0.15) is 0 Å². The summed E-state index contributed by atoms with van der Waals surface area (Å²) < 4.78 is 12.7. The molecule has 2 heteroatoms. The second kappa shape index (κ2) is 22.3. The van der Waals surface area contributed by atoms with E-state index < -0.39 is 5.41 Å². The molecule has 2 aliphatic rings. The average molecular weight is 1120 g/mol. The van der Waals surface area contributed by atoms with Crippen LogP contribution in [0.25, 0.3) is 122 Å². The Morgan fingerprint density at radius 3 is 0.943 bits per heavy atom. The minimum Gasteiger partial charge on any atom is -0.454 e. The van der Waals surface area contributed by atoms with Gasteiger partial charge in [0.2, 0.25) is 6.79 Å². The zero-order chi connectivity index (χ0) is 58.4. The minimum absolute atomic E-state index is 0.163. The van der Waals surface area contributed by atoms with Gasteiger partial charge in [-0.1, -0.05) is 267 Å². The van der Waals surface area contributed by atoms with Gasteiger partial charge in [0.15, 0.2) is 11.5 Å². The van der Waals surface area contributed by atoms with E-state index in [4.69, 9.17) is 9.47 Å². The van der Waals surface area contributed by atoms with Gasteiger partial charge >= 0.3 is 0 Å². The highest BCUT2D eigenvalue weighted by molar-refractivity contribution is 6.00. The van der Waals surface area contributed by atoms with Gasteiger partial charge in [-0.25, -0.2) is 0 Å². The second-order valence-corrected chi connectivity index (χ2v) is 23.0. The topological polar surface area (TPSA) is 18.5 Å². The number of hydrogen-bond acceptors (Lipinski definition) is 2. The van der Waals surface area contributed by atoms with E-state index >= 15 is 0 Å². The predicted molar refractivity (Wildman–Crippen MR) is 364 cm³/mol. The highest BCUT2D eigenvalue weighted by Crippen LogP contribution is 2.61. The molecule has 0 amide bonds. The highest BCUT2D eigenvalue weighted by atomic mass is 16.7. The summed E-state index contributed by atoms with van der Waals surface area (Å²) in [5, 5.41) is 0. The van der Waals surface area contributed by atoms with Crippen molar-refractivity contribution >= 4 is 0 Å². The van der Waals surface area contributed by atoms with Crippen molar-refractivity contribution in [3.63, 3.8) is 0 Å². The van der Waals surface area contributed by atoms with Crippen molar-refractivity contribution in [1.29, 1.82) is 0 Å². The summed E-state index contributed by atoms with van der Waals surface area (Å²) in [6, 6.07) is 125. The zero-order valence-corrected chi connectivity index (χ0v) is 48.4. The Morgan fingerprint density at radius 1 is 0.193 bits per heavy atom. The van der Waals surface area contributed by atoms with Crippen LogP contribution in [0.3, 0.4) is 0 Å². The quantitative estimate of drug-likeness (QED) is 0.121. The molecule has 0 saturated carbocycles. The van der Waals surface area contributed by atoms with E-state index in [0.717, 1.165) is 83.8 Å². The molecule has 14 aromatic rings. The molecule has 0 aromatic heterocycles. The molecular formula is C86H58O2. The van der Waals surface area contributed by atoms with Crippen LogP contribution in [0.2, 0.25) is 0 Å². The molecule has 1 heterocycles. The molecule has 0 saturated heterocycles. The van der Waals surface area contributed by atoms with Crippen LogP contribution in [-0.4, -0.2) is 6.79 Å². The van der Waals surface area contributed by atoms with Crippen LogP contribution in [0, 0.1) is 0 Å². The van der Waals surface area contributed by atoms with Crippen LogP contribution in [0.15, 0.2) is 340 Å². The SMILES string of the molecule is c1ccc(-c2cc(-c3ccccc3)cc(-c3cccc(-c4cccc(C5(c6cccc(-c7cccc(-c8cc(-c9ccccc9)cc(-c9ccccc9)c8)c7)c6)c6cc7c(cc6-c6c(-c8ccccc8-c8ccccc8)cccc65)OCO7)c4)c3)c2)cc1. The molecule has 2 nitrogen and oxygen atoms in total. The Kier molecular flexibility index (Phi) is 13.2.